The Morgan fingerprint density at radius 1 is 1.60 bits per heavy atom. The van der Waals surface area contributed by atoms with Crippen molar-refractivity contribution in [1.82, 2.24) is 0 Å². The van der Waals surface area contributed by atoms with Crippen molar-refractivity contribution < 1.29 is 0 Å². The van der Waals surface area contributed by atoms with Gasteiger partial charge in [-0.2, -0.15) is 0 Å². The molecule has 0 heterocycles. The number of rotatable bonds is 4. The monoisotopic (exact) mass is 139 g/mol. The lowest BCUT2D eigenvalue weighted by Crippen LogP contribution is -1.93. The van der Waals surface area contributed by atoms with E-state index in [0.29, 0.717) is 0 Å². The van der Waals surface area contributed by atoms with Crippen LogP contribution in [0.1, 0.15) is 40.0 Å². The average Bonchev–Trinajstić information content (AvgIpc) is 1.88. The molecule has 0 heteroatoms. The molecule has 1 unspecified atom stereocenters. The van der Waals surface area contributed by atoms with Crippen LogP contribution in [0.25, 0.3) is 0 Å². The van der Waals surface area contributed by atoms with Crippen LogP contribution in [0.5, 0.6) is 0 Å². The Balaban J connectivity index is 3.47. The maximum Gasteiger partial charge on any atom is -0.0297 e. The van der Waals surface area contributed by atoms with E-state index in [-0.39, 0.29) is 0 Å². The zero-order valence-electron chi connectivity index (χ0n) is 7.48. The summed E-state index contributed by atoms with van der Waals surface area (Å²) in [5.74, 6) is 0.814. The van der Waals surface area contributed by atoms with E-state index in [9.17, 15) is 0 Å². The van der Waals surface area contributed by atoms with Gasteiger partial charge in [-0.1, -0.05) is 38.3 Å². The Labute approximate surface area is 65.3 Å². The first kappa shape index (κ1) is 9.74. The second kappa shape index (κ2) is 5.52. The number of hydrogen-bond donors (Lipinski definition) is 0. The van der Waals surface area contributed by atoms with Gasteiger partial charge in [0, 0.05) is 0 Å². The molecule has 1 atom stereocenters. The van der Waals surface area contributed by atoms with Gasteiger partial charge in [-0.25, -0.2) is 0 Å². The minimum Gasteiger partial charge on any atom is -0.0887 e. The smallest absolute Gasteiger partial charge is 0.0297 e. The predicted octanol–water partition coefficient (Wildman–Crippen LogP) is 3.59. The molecule has 0 aromatic carbocycles. The van der Waals surface area contributed by atoms with Crippen LogP contribution in [-0.2, 0) is 0 Å². The molecule has 0 spiro atoms. The quantitative estimate of drug-likeness (QED) is 0.522. The minimum absolute atomic E-state index is 0.814. The van der Waals surface area contributed by atoms with Gasteiger partial charge in [-0.15, -0.1) is 0 Å². The first-order valence-corrected chi connectivity index (χ1v) is 4.11. The first-order chi connectivity index (χ1) is 4.70. The van der Waals surface area contributed by atoms with Crippen LogP contribution in [0.15, 0.2) is 11.6 Å². The Kier molecular flexibility index (Phi) is 5.38. The summed E-state index contributed by atoms with van der Waals surface area (Å²) in [6.45, 7) is 10.4. The van der Waals surface area contributed by atoms with E-state index in [2.05, 4.69) is 33.8 Å². The van der Waals surface area contributed by atoms with Crippen molar-refractivity contribution in [2.45, 2.75) is 40.0 Å². The number of allylic oxidation sites excluding steroid dienone is 2. The molecule has 1 radical (unpaired) electrons. The lowest BCUT2D eigenvalue weighted by atomic mass is 9.98. The Morgan fingerprint density at radius 3 is 2.60 bits per heavy atom. The van der Waals surface area contributed by atoms with Gasteiger partial charge in [0.1, 0.15) is 0 Å². The molecule has 59 valence electrons. The highest BCUT2D eigenvalue weighted by molar-refractivity contribution is 4.96. The largest absolute Gasteiger partial charge is 0.0887 e. The summed E-state index contributed by atoms with van der Waals surface area (Å²) in [5, 5.41) is 0. The van der Waals surface area contributed by atoms with Crippen LogP contribution in [0.3, 0.4) is 0 Å². The highest BCUT2D eigenvalue weighted by Crippen LogP contribution is 2.15. The molecule has 0 fully saturated rings. The summed E-state index contributed by atoms with van der Waals surface area (Å²) >= 11 is 0. The molecule has 0 saturated heterocycles. The maximum absolute atomic E-state index is 3.84. The third-order valence-electron chi connectivity index (χ3n) is 1.86. The van der Waals surface area contributed by atoms with Gasteiger partial charge in [0.15, 0.2) is 0 Å². The molecule has 0 aliphatic heterocycles. The topological polar surface area (TPSA) is 0 Å². The maximum atomic E-state index is 3.84. The van der Waals surface area contributed by atoms with Crippen LogP contribution in [-0.4, -0.2) is 0 Å². The normalized spacial score (nSPS) is 15.4. The second-order valence-corrected chi connectivity index (χ2v) is 3.09. The van der Waals surface area contributed by atoms with Gasteiger partial charge in [0.25, 0.3) is 0 Å². The van der Waals surface area contributed by atoms with E-state index >= 15 is 0 Å². The molecule has 0 nitrogen and oxygen atoms in total. The lowest BCUT2D eigenvalue weighted by molar-refractivity contribution is 0.532. The van der Waals surface area contributed by atoms with Crippen LogP contribution in [0.4, 0.5) is 0 Å². The summed E-state index contributed by atoms with van der Waals surface area (Å²) in [6, 6.07) is 0. The van der Waals surface area contributed by atoms with Gasteiger partial charge in [-0.3, -0.25) is 0 Å². The van der Waals surface area contributed by atoms with Crippen molar-refractivity contribution in [2.24, 2.45) is 5.92 Å². The van der Waals surface area contributed by atoms with Crippen molar-refractivity contribution in [1.29, 1.82) is 0 Å². The third-order valence-corrected chi connectivity index (χ3v) is 1.86. The molecule has 0 saturated carbocycles. The van der Waals surface area contributed by atoms with Gasteiger partial charge >= 0.3 is 0 Å². The van der Waals surface area contributed by atoms with Crippen LogP contribution < -0.4 is 0 Å². The van der Waals surface area contributed by atoms with Crippen molar-refractivity contribution in [3.05, 3.63) is 18.6 Å². The third kappa shape index (κ3) is 4.60. The SMILES string of the molecule is [CH2]CCC(C)C/C(C)=C/C. The fraction of sp³-hybridized carbons (Fsp3) is 0.700. The van der Waals surface area contributed by atoms with Crippen molar-refractivity contribution in [3.8, 4) is 0 Å². The summed E-state index contributed by atoms with van der Waals surface area (Å²) in [5.41, 5.74) is 1.50. The Hall–Kier alpha value is -0.260. The second-order valence-electron chi connectivity index (χ2n) is 3.09. The first-order valence-electron chi connectivity index (χ1n) is 4.11. The van der Waals surface area contributed by atoms with Crippen molar-refractivity contribution in [2.75, 3.05) is 0 Å². The van der Waals surface area contributed by atoms with Gasteiger partial charge < -0.3 is 0 Å². The van der Waals surface area contributed by atoms with Crippen molar-refractivity contribution in [3.63, 3.8) is 0 Å². The zero-order chi connectivity index (χ0) is 7.98. The minimum atomic E-state index is 0.814. The molecular weight excluding hydrogens is 120 g/mol. The fourth-order valence-corrected chi connectivity index (χ4v) is 1.12. The van der Waals surface area contributed by atoms with Crippen molar-refractivity contribution >= 4 is 0 Å². The van der Waals surface area contributed by atoms with Crippen LogP contribution >= 0.6 is 0 Å². The van der Waals surface area contributed by atoms with E-state index in [1.807, 2.05) is 0 Å². The van der Waals surface area contributed by atoms with E-state index in [1.54, 1.807) is 0 Å². The van der Waals surface area contributed by atoms with Gasteiger partial charge in [0.05, 0.1) is 0 Å². The Morgan fingerprint density at radius 2 is 2.20 bits per heavy atom. The molecule has 0 aliphatic carbocycles. The molecule has 0 aromatic heterocycles. The summed E-state index contributed by atoms with van der Waals surface area (Å²) < 4.78 is 0. The molecule has 0 amide bonds. The predicted molar refractivity (Wildman–Crippen MR) is 47.8 cm³/mol. The van der Waals surface area contributed by atoms with E-state index in [1.165, 1.54) is 18.4 Å². The Bertz CT molecular complexity index is 101. The fourth-order valence-electron chi connectivity index (χ4n) is 1.12. The van der Waals surface area contributed by atoms with E-state index in [4.69, 9.17) is 0 Å². The molecule has 0 N–H and O–H groups in total. The van der Waals surface area contributed by atoms with E-state index < -0.39 is 0 Å². The molecule has 0 aromatic rings. The molecule has 0 bridgehead atoms. The number of hydrogen-bond acceptors (Lipinski definition) is 0. The highest BCUT2D eigenvalue weighted by atomic mass is 14.1. The molecule has 0 rings (SSSR count). The summed E-state index contributed by atoms with van der Waals surface area (Å²) in [6.07, 6.45) is 5.76. The van der Waals surface area contributed by atoms with Crippen LogP contribution in [0.2, 0.25) is 0 Å². The molecule has 0 aliphatic rings. The summed E-state index contributed by atoms with van der Waals surface area (Å²) in [7, 11) is 0. The molecular formula is C10H19. The lowest BCUT2D eigenvalue weighted by Gasteiger charge is -2.08. The average molecular weight is 139 g/mol. The summed E-state index contributed by atoms with van der Waals surface area (Å²) in [4.78, 5) is 0. The molecule has 10 heavy (non-hydrogen) atoms. The zero-order valence-corrected chi connectivity index (χ0v) is 7.48. The van der Waals surface area contributed by atoms with Crippen LogP contribution in [0, 0.1) is 12.8 Å². The highest BCUT2D eigenvalue weighted by Gasteiger charge is 1.99. The van der Waals surface area contributed by atoms with Gasteiger partial charge in [0.2, 0.25) is 0 Å². The van der Waals surface area contributed by atoms with Gasteiger partial charge in [-0.05, 0) is 26.2 Å². The van der Waals surface area contributed by atoms with E-state index in [0.717, 1.165) is 12.3 Å². The standard InChI is InChI=1S/C10H19/c1-5-7-10(4)8-9(3)6-2/h6,10H,1,5,7-8H2,2-4H3/b9-6+.